The van der Waals surface area contributed by atoms with Gasteiger partial charge in [-0.2, -0.15) is 0 Å². The molecule has 0 saturated carbocycles. The number of aliphatic hydroxyl groups excluding tert-OH is 1. The van der Waals surface area contributed by atoms with Gasteiger partial charge in [0.25, 0.3) is 0 Å². The summed E-state index contributed by atoms with van der Waals surface area (Å²) in [6.45, 7) is 2.31. The molecular formula is C15H16O. The zero-order chi connectivity index (χ0) is 11.4. The van der Waals surface area contributed by atoms with E-state index in [1.165, 1.54) is 21.9 Å². The fraction of sp³-hybridized carbons (Fsp3) is 0.200. The van der Waals surface area contributed by atoms with Gasteiger partial charge in [-0.3, -0.25) is 0 Å². The Morgan fingerprint density at radius 1 is 1.12 bits per heavy atom. The molecule has 1 heteroatoms. The van der Waals surface area contributed by atoms with Crippen molar-refractivity contribution < 1.29 is 5.11 Å². The Balaban J connectivity index is 2.52. The van der Waals surface area contributed by atoms with Crippen molar-refractivity contribution in [2.24, 2.45) is 0 Å². The predicted octanol–water partition coefficient (Wildman–Crippen LogP) is 3.63. The van der Waals surface area contributed by atoms with Crippen LogP contribution in [0.4, 0.5) is 0 Å². The van der Waals surface area contributed by atoms with E-state index < -0.39 is 0 Å². The quantitative estimate of drug-likeness (QED) is 0.823. The van der Waals surface area contributed by atoms with E-state index >= 15 is 0 Å². The van der Waals surface area contributed by atoms with Gasteiger partial charge in [-0.25, -0.2) is 0 Å². The maximum Gasteiger partial charge on any atom is 0.0465 e. The molecule has 2 aromatic carbocycles. The fourth-order valence-electron chi connectivity index (χ4n) is 1.96. The van der Waals surface area contributed by atoms with Crippen molar-refractivity contribution in [2.75, 3.05) is 6.61 Å². The number of aliphatic hydroxyl groups is 1. The Hall–Kier alpha value is -1.60. The zero-order valence-electron chi connectivity index (χ0n) is 9.48. The third-order valence-corrected chi connectivity index (χ3v) is 2.79. The zero-order valence-corrected chi connectivity index (χ0v) is 9.48. The van der Waals surface area contributed by atoms with Crippen molar-refractivity contribution in [3.8, 4) is 0 Å². The molecule has 16 heavy (non-hydrogen) atoms. The summed E-state index contributed by atoms with van der Waals surface area (Å²) in [7, 11) is 0. The Morgan fingerprint density at radius 3 is 2.69 bits per heavy atom. The van der Waals surface area contributed by atoms with Crippen molar-refractivity contribution >= 4 is 16.3 Å². The molecule has 0 radical (unpaired) electrons. The predicted molar refractivity (Wildman–Crippen MR) is 69.3 cm³/mol. The Bertz CT molecular complexity index is 506. The molecule has 0 heterocycles. The van der Waals surface area contributed by atoms with Crippen LogP contribution in [0.3, 0.4) is 0 Å². The number of allylic oxidation sites excluding steroid dienone is 1. The van der Waals surface area contributed by atoms with E-state index in [2.05, 4.69) is 55.5 Å². The lowest BCUT2D eigenvalue weighted by atomic mass is 9.99. The third-order valence-electron chi connectivity index (χ3n) is 2.79. The van der Waals surface area contributed by atoms with E-state index in [1.807, 2.05) is 0 Å². The molecule has 1 N–H and O–H groups in total. The number of benzene rings is 2. The first-order valence-corrected chi connectivity index (χ1v) is 5.58. The van der Waals surface area contributed by atoms with Gasteiger partial charge < -0.3 is 5.11 Å². The molecule has 2 aromatic rings. The molecule has 0 aliphatic rings. The average Bonchev–Trinajstić information content (AvgIpc) is 2.35. The summed E-state index contributed by atoms with van der Waals surface area (Å²) in [4.78, 5) is 0. The van der Waals surface area contributed by atoms with E-state index in [4.69, 9.17) is 5.11 Å². The van der Waals surface area contributed by atoms with E-state index in [0.717, 1.165) is 6.42 Å². The molecule has 0 aliphatic heterocycles. The normalized spacial score (nSPS) is 12.0. The topological polar surface area (TPSA) is 20.2 Å². The van der Waals surface area contributed by atoms with Crippen LogP contribution in [0.1, 0.15) is 18.9 Å². The van der Waals surface area contributed by atoms with Crippen molar-refractivity contribution in [1.82, 2.24) is 0 Å². The Morgan fingerprint density at radius 2 is 1.88 bits per heavy atom. The molecule has 0 aromatic heterocycles. The van der Waals surface area contributed by atoms with E-state index in [-0.39, 0.29) is 6.61 Å². The van der Waals surface area contributed by atoms with Crippen molar-refractivity contribution in [3.63, 3.8) is 0 Å². The highest BCUT2D eigenvalue weighted by Gasteiger charge is 2.00. The second-order valence-electron chi connectivity index (χ2n) is 3.93. The van der Waals surface area contributed by atoms with Gasteiger partial charge in [-0.05, 0) is 35.3 Å². The minimum atomic E-state index is 0.210. The number of hydrogen-bond donors (Lipinski definition) is 1. The van der Waals surface area contributed by atoms with E-state index in [1.54, 1.807) is 0 Å². The molecule has 0 saturated heterocycles. The molecule has 1 nitrogen and oxygen atoms in total. The molecule has 2 rings (SSSR count). The molecule has 0 fully saturated rings. The first kappa shape index (κ1) is 10.9. The lowest BCUT2D eigenvalue weighted by Gasteiger charge is -2.06. The van der Waals surface area contributed by atoms with Gasteiger partial charge in [0, 0.05) is 6.61 Å². The monoisotopic (exact) mass is 212 g/mol. The molecule has 0 amide bonds. The highest BCUT2D eigenvalue weighted by Crippen LogP contribution is 2.24. The number of rotatable bonds is 3. The fourth-order valence-corrected chi connectivity index (χ4v) is 1.96. The molecule has 0 atom stereocenters. The first-order chi connectivity index (χ1) is 7.83. The SMILES string of the molecule is CC(=CCCO)c1cccc2ccccc12. The van der Waals surface area contributed by atoms with Gasteiger partial charge in [0.15, 0.2) is 0 Å². The lowest BCUT2D eigenvalue weighted by Crippen LogP contribution is -1.84. The Kier molecular flexibility index (Phi) is 3.37. The standard InChI is InChI=1S/C15H16O/c1-12(6-5-11-16)14-10-4-8-13-7-2-3-9-15(13)14/h2-4,6-10,16H,5,11H2,1H3. The van der Waals surface area contributed by atoms with Crippen LogP contribution in [0.2, 0.25) is 0 Å². The van der Waals surface area contributed by atoms with Crippen LogP contribution in [-0.2, 0) is 0 Å². The highest BCUT2D eigenvalue weighted by molar-refractivity contribution is 5.93. The summed E-state index contributed by atoms with van der Waals surface area (Å²) in [6, 6.07) is 14.7. The van der Waals surface area contributed by atoms with E-state index in [0.29, 0.717) is 0 Å². The number of hydrogen-bond acceptors (Lipinski definition) is 1. The molecular weight excluding hydrogens is 196 g/mol. The first-order valence-electron chi connectivity index (χ1n) is 5.58. The van der Waals surface area contributed by atoms with Crippen LogP contribution in [0.15, 0.2) is 48.5 Å². The maximum absolute atomic E-state index is 8.83. The van der Waals surface area contributed by atoms with Crippen LogP contribution in [0.25, 0.3) is 16.3 Å². The Labute approximate surface area is 96.0 Å². The molecule has 82 valence electrons. The maximum atomic E-state index is 8.83. The van der Waals surface area contributed by atoms with E-state index in [9.17, 15) is 0 Å². The van der Waals surface area contributed by atoms with Crippen molar-refractivity contribution in [2.45, 2.75) is 13.3 Å². The average molecular weight is 212 g/mol. The molecule has 0 aliphatic carbocycles. The molecule has 0 unspecified atom stereocenters. The number of fused-ring (bicyclic) bond motifs is 1. The van der Waals surface area contributed by atoms with Gasteiger partial charge in [0.2, 0.25) is 0 Å². The van der Waals surface area contributed by atoms with Gasteiger partial charge in [-0.15, -0.1) is 0 Å². The molecule has 0 spiro atoms. The van der Waals surface area contributed by atoms with Crippen LogP contribution in [-0.4, -0.2) is 11.7 Å². The van der Waals surface area contributed by atoms with Crippen molar-refractivity contribution in [1.29, 1.82) is 0 Å². The highest BCUT2D eigenvalue weighted by atomic mass is 16.2. The lowest BCUT2D eigenvalue weighted by molar-refractivity contribution is 0.303. The minimum Gasteiger partial charge on any atom is -0.396 e. The van der Waals surface area contributed by atoms with Crippen LogP contribution in [0.5, 0.6) is 0 Å². The smallest absolute Gasteiger partial charge is 0.0465 e. The summed E-state index contributed by atoms with van der Waals surface area (Å²) in [5, 5.41) is 11.4. The summed E-state index contributed by atoms with van der Waals surface area (Å²) in [6.07, 6.45) is 2.80. The third kappa shape index (κ3) is 2.15. The van der Waals surface area contributed by atoms with Gasteiger partial charge >= 0.3 is 0 Å². The van der Waals surface area contributed by atoms with Crippen LogP contribution in [0, 0.1) is 0 Å². The minimum absolute atomic E-state index is 0.210. The summed E-state index contributed by atoms with van der Waals surface area (Å²) < 4.78 is 0. The summed E-state index contributed by atoms with van der Waals surface area (Å²) >= 11 is 0. The van der Waals surface area contributed by atoms with Gasteiger partial charge in [-0.1, -0.05) is 48.5 Å². The van der Waals surface area contributed by atoms with Gasteiger partial charge in [0.1, 0.15) is 0 Å². The molecule has 0 bridgehead atoms. The summed E-state index contributed by atoms with van der Waals surface area (Å²) in [5.74, 6) is 0. The van der Waals surface area contributed by atoms with Crippen molar-refractivity contribution in [3.05, 3.63) is 54.1 Å². The second-order valence-corrected chi connectivity index (χ2v) is 3.93. The second kappa shape index (κ2) is 4.95. The van der Waals surface area contributed by atoms with Crippen LogP contribution < -0.4 is 0 Å². The van der Waals surface area contributed by atoms with Crippen LogP contribution >= 0.6 is 0 Å². The largest absolute Gasteiger partial charge is 0.396 e. The summed E-state index contributed by atoms with van der Waals surface area (Å²) in [5.41, 5.74) is 2.48. The van der Waals surface area contributed by atoms with Gasteiger partial charge in [0.05, 0.1) is 0 Å².